The number of alkyl halides is 2. The Bertz CT molecular complexity index is 1940. The molecular weight excluding hydrogens is 598 g/mol. The third kappa shape index (κ3) is 6.06. The fourth-order valence-corrected chi connectivity index (χ4v) is 5.12. The van der Waals surface area contributed by atoms with E-state index in [4.69, 9.17) is 23.4 Å². The lowest BCUT2D eigenvalue weighted by Crippen LogP contribution is -2.13. The van der Waals surface area contributed by atoms with Crippen molar-refractivity contribution in [3.63, 3.8) is 0 Å². The Balaban J connectivity index is 1.20. The summed E-state index contributed by atoms with van der Waals surface area (Å²) >= 11 is 1.31. The molecule has 0 atom stereocenters. The van der Waals surface area contributed by atoms with Gasteiger partial charge in [-0.05, 0) is 47.2 Å². The Morgan fingerprint density at radius 2 is 1.80 bits per heavy atom. The van der Waals surface area contributed by atoms with Crippen LogP contribution in [0.3, 0.4) is 0 Å². The Hall–Kier alpha value is -5.37. The van der Waals surface area contributed by atoms with Gasteiger partial charge in [-0.15, -0.1) is 5.10 Å². The molecule has 0 fully saturated rings. The second-order valence-corrected chi connectivity index (χ2v) is 10.2. The van der Waals surface area contributed by atoms with Gasteiger partial charge in [0.15, 0.2) is 5.76 Å². The largest absolute Gasteiger partial charge is 0.497 e. The second kappa shape index (κ2) is 12.1. The van der Waals surface area contributed by atoms with Crippen molar-refractivity contribution < 1.29 is 41.7 Å². The van der Waals surface area contributed by atoms with Crippen molar-refractivity contribution in [2.45, 2.75) is 13.2 Å². The molecule has 3 heterocycles. The minimum atomic E-state index is -3.04. The van der Waals surface area contributed by atoms with Gasteiger partial charge in [0.1, 0.15) is 40.9 Å². The van der Waals surface area contributed by atoms with Gasteiger partial charge in [0.05, 0.1) is 32.9 Å². The van der Waals surface area contributed by atoms with Crippen LogP contribution in [-0.4, -0.2) is 48.4 Å². The highest BCUT2D eigenvalue weighted by molar-refractivity contribution is 7.18. The van der Waals surface area contributed by atoms with E-state index in [2.05, 4.69) is 20.1 Å². The summed E-state index contributed by atoms with van der Waals surface area (Å²) in [7, 11) is 4.46. The summed E-state index contributed by atoms with van der Waals surface area (Å²) in [6.07, 6.45) is 1.75. The first-order valence-electron chi connectivity index (χ1n) is 13.0. The molecule has 11 nitrogen and oxygen atoms in total. The third-order valence-electron chi connectivity index (χ3n) is 6.44. The number of ether oxygens (including phenoxy) is 5. The zero-order valence-corrected chi connectivity index (χ0v) is 24.3. The summed E-state index contributed by atoms with van der Waals surface area (Å²) in [5.41, 5.74) is 2.46. The molecule has 0 unspecified atom stereocenters. The molecule has 226 valence electrons. The van der Waals surface area contributed by atoms with Crippen LogP contribution in [0.25, 0.3) is 27.4 Å². The number of hydrogen-bond acceptors (Lipinski definition) is 10. The van der Waals surface area contributed by atoms with Crippen molar-refractivity contribution in [1.82, 2.24) is 14.6 Å². The molecule has 0 spiro atoms. The van der Waals surface area contributed by atoms with E-state index in [-0.39, 0.29) is 23.7 Å². The molecule has 0 aliphatic heterocycles. The van der Waals surface area contributed by atoms with E-state index in [1.807, 2.05) is 12.1 Å². The normalized spacial score (nSPS) is 11.2. The molecule has 0 bridgehead atoms. The maximum Gasteiger partial charge on any atom is 0.387 e. The fraction of sp³-hybridized carbons (Fsp3) is 0.167. The van der Waals surface area contributed by atoms with Crippen molar-refractivity contribution in [3.8, 4) is 39.6 Å². The van der Waals surface area contributed by atoms with E-state index in [0.717, 1.165) is 5.56 Å². The zero-order chi connectivity index (χ0) is 30.8. The number of nitrogens with one attached hydrogen (secondary N) is 1. The van der Waals surface area contributed by atoms with E-state index in [1.165, 1.54) is 36.6 Å². The number of anilines is 1. The summed E-state index contributed by atoms with van der Waals surface area (Å²) in [5.74, 6) is 1.07. The molecule has 0 radical (unpaired) electrons. The first-order valence-corrected chi connectivity index (χ1v) is 13.8. The molecule has 3 aromatic heterocycles. The monoisotopic (exact) mass is 622 g/mol. The molecule has 0 saturated heterocycles. The van der Waals surface area contributed by atoms with Gasteiger partial charge in [0, 0.05) is 29.4 Å². The second-order valence-electron chi connectivity index (χ2n) is 9.29. The number of amides is 1. The van der Waals surface area contributed by atoms with Gasteiger partial charge in [-0.2, -0.15) is 8.78 Å². The average molecular weight is 623 g/mol. The van der Waals surface area contributed by atoms with Crippen molar-refractivity contribution in [3.05, 3.63) is 78.0 Å². The summed E-state index contributed by atoms with van der Waals surface area (Å²) in [6, 6.07) is 16.3. The summed E-state index contributed by atoms with van der Waals surface area (Å²) in [4.78, 5) is 18.2. The van der Waals surface area contributed by atoms with Crippen LogP contribution in [0.15, 0.2) is 71.3 Å². The van der Waals surface area contributed by atoms with Gasteiger partial charge in [0.2, 0.25) is 4.96 Å². The van der Waals surface area contributed by atoms with Crippen LogP contribution < -0.4 is 29.0 Å². The lowest BCUT2D eigenvalue weighted by Gasteiger charge is -2.12. The fourth-order valence-electron chi connectivity index (χ4n) is 4.42. The third-order valence-corrected chi connectivity index (χ3v) is 7.33. The molecule has 3 aromatic carbocycles. The number of carbonyl (C=O) groups is 1. The Kier molecular flexibility index (Phi) is 7.89. The molecule has 1 N–H and O–H groups in total. The molecule has 6 rings (SSSR count). The lowest BCUT2D eigenvalue weighted by atomic mass is 10.1. The molecule has 44 heavy (non-hydrogen) atoms. The van der Waals surface area contributed by atoms with Gasteiger partial charge in [-0.3, -0.25) is 4.79 Å². The number of carbonyl (C=O) groups excluding carboxylic acids is 1. The number of nitrogens with zero attached hydrogens (tertiary/aromatic N) is 3. The zero-order valence-electron chi connectivity index (χ0n) is 23.5. The molecule has 0 aliphatic rings. The van der Waals surface area contributed by atoms with Crippen molar-refractivity contribution in [2.75, 3.05) is 26.6 Å². The van der Waals surface area contributed by atoms with Crippen LogP contribution in [0.4, 0.5) is 14.5 Å². The van der Waals surface area contributed by atoms with E-state index in [0.29, 0.717) is 49.8 Å². The minimum Gasteiger partial charge on any atom is -0.497 e. The van der Waals surface area contributed by atoms with Crippen LogP contribution in [0.2, 0.25) is 0 Å². The maximum absolute atomic E-state index is 12.9. The number of halogens is 2. The maximum atomic E-state index is 12.9. The van der Waals surface area contributed by atoms with Gasteiger partial charge in [-0.25, -0.2) is 9.50 Å². The van der Waals surface area contributed by atoms with Gasteiger partial charge in [0.25, 0.3) is 11.1 Å². The van der Waals surface area contributed by atoms with Gasteiger partial charge < -0.3 is 33.4 Å². The smallest absolute Gasteiger partial charge is 0.387 e. The Morgan fingerprint density at radius 3 is 2.55 bits per heavy atom. The SMILES string of the molecule is COc1cc(OC(F)F)cc(C(=O)Nc2cccc(COc3cc(OC)cc4oc(-c5cn6nc(OC)sc6n5)cc34)c2)c1. The number of furan rings is 1. The van der Waals surface area contributed by atoms with Gasteiger partial charge in [-0.1, -0.05) is 12.1 Å². The molecule has 0 aliphatic carbocycles. The summed E-state index contributed by atoms with van der Waals surface area (Å²) in [6.45, 7) is -2.89. The van der Waals surface area contributed by atoms with Crippen molar-refractivity contribution in [1.29, 1.82) is 0 Å². The number of aromatic nitrogens is 3. The molecule has 1 amide bonds. The van der Waals surface area contributed by atoms with Crippen LogP contribution in [0.5, 0.6) is 28.2 Å². The molecule has 6 aromatic rings. The van der Waals surface area contributed by atoms with E-state index in [1.54, 1.807) is 55.3 Å². The molecule has 0 saturated carbocycles. The lowest BCUT2D eigenvalue weighted by molar-refractivity contribution is -0.0499. The van der Waals surface area contributed by atoms with Crippen LogP contribution in [0, 0.1) is 0 Å². The first kappa shape index (κ1) is 28.7. The minimum absolute atomic E-state index is 0.0867. The van der Waals surface area contributed by atoms with Crippen molar-refractivity contribution >= 4 is 38.9 Å². The topological polar surface area (TPSA) is 119 Å². The van der Waals surface area contributed by atoms with E-state index >= 15 is 0 Å². The summed E-state index contributed by atoms with van der Waals surface area (Å²) in [5, 5.41) is 8.28. The first-order chi connectivity index (χ1) is 21.3. The standard InChI is InChI=1S/C30H24F2N4O7S/c1-38-19-8-17(9-21(10-19)42-28(31)32)27(37)33-18-6-4-5-16(7-18)15-41-24-11-20(39-2)12-25-22(24)13-26(43-25)23-14-36-29(34-23)44-30(35-36)40-3/h4-14,28H,15H2,1-3H3,(H,33,37). The molecular formula is C30H24F2N4O7S. The Morgan fingerprint density at radius 1 is 1.00 bits per heavy atom. The predicted octanol–water partition coefficient (Wildman–Crippen LogP) is 6.66. The average Bonchev–Trinajstić information content (AvgIpc) is 3.72. The highest BCUT2D eigenvalue weighted by Gasteiger charge is 2.18. The number of benzene rings is 3. The quantitative estimate of drug-likeness (QED) is 0.169. The predicted molar refractivity (Wildman–Crippen MR) is 158 cm³/mol. The number of hydrogen-bond donors (Lipinski definition) is 1. The molecule has 14 heteroatoms. The highest BCUT2D eigenvalue weighted by atomic mass is 32.1. The summed E-state index contributed by atoms with van der Waals surface area (Å²) < 4.78 is 59.6. The number of imidazole rings is 1. The van der Waals surface area contributed by atoms with Crippen LogP contribution >= 0.6 is 11.3 Å². The van der Waals surface area contributed by atoms with Crippen molar-refractivity contribution in [2.24, 2.45) is 0 Å². The number of rotatable bonds is 11. The Labute approximate surface area is 252 Å². The van der Waals surface area contributed by atoms with Crippen LogP contribution in [0.1, 0.15) is 15.9 Å². The van der Waals surface area contributed by atoms with Crippen LogP contribution in [-0.2, 0) is 6.61 Å². The number of fused-ring (bicyclic) bond motifs is 2. The number of methoxy groups -OCH3 is 3. The highest BCUT2D eigenvalue weighted by Crippen LogP contribution is 2.38. The van der Waals surface area contributed by atoms with Gasteiger partial charge >= 0.3 is 6.61 Å². The van der Waals surface area contributed by atoms with E-state index in [9.17, 15) is 13.6 Å². The van der Waals surface area contributed by atoms with E-state index < -0.39 is 12.5 Å².